The van der Waals surface area contributed by atoms with E-state index in [4.69, 9.17) is 0 Å². The van der Waals surface area contributed by atoms with Crippen molar-refractivity contribution < 1.29 is 4.79 Å². The van der Waals surface area contributed by atoms with Crippen LogP contribution in [-0.4, -0.2) is 25.5 Å². The smallest absolute Gasteiger partial charge is 0.224 e. The van der Waals surface area contributed by atoms with E-state index in [1.54, 1.807) is 0 Å². The summed E-state index contributed by atoms with van der Waals surface area (Å²) < 4.78 is 0. The highest BCUT2D eigenvalue weighted by atomic mass is 16.1. The highest BCUT2D eigenvalue weighted by Crippen LogP contribution is 2.19. The predicted molar refractivity (Wildman–Crippen MR) is 67.3 cm³/mol. The molecule has 1 amide bonds. The maximum atomic E-state index is 11.6. The Morgan fingerprint density at radius 2 is 2.19 bits per heavy atom. The van der Waals surface area contributed by atoms with Crippen LogP contribution in [0.1, 0.15) is 45.4 Å². The van der Waals surface area contributed by atoms with Crippen molar-refractivity contribution in [2.45, 2.75) is 45.4 Å². The number of hydrogen-bond acceptors (Lipinski definition) is 2. The minimum atomic E-state index is 0.173. The lowest BCUT2D eigenvalue weighted by Crippen LogP contribution is -2.32. The molecule has 0 aromatic rings. The zero-order chi connectivity index (χ0) is 11.6. The molecular formula is C13H24N2O. The molecular weight excluding hydrogens is 200 g/mol. The molecule has 0 aliphatic heterocycles. The van der Waals surface area contributed by atoms with Crippen molar-refractivity contribution in [3.8, 4) is 0 Å². The molecule has 1 rings (SSSR count). The van der Waals surface area contributed by atoms with Gasteiger partial charge in [0.2, 0.25) is 5.91 Å². The van der Waals surface area contributed by atoms with E-state index in [9.17, 15) is 4.79 Å². The van der Waals surface area contributed by atoms with Crippen LogP contribution < -0.4 is 10.6 Å². The van der Waals surface area contributed by atoms with Crippen LogP contribution in [0.25, 0.3) is 0 Å². The van der Waals surface area contributed by atoms with Crippen molar-refractivity contribution in [1.29, 1.82) is 0 Å². The van der Waals surface area contributed by atoms with Crippen LogP contribution in [0.15, 0.2) is 11.6 Å². The molecule has 0 saturated carbocycles. The first-order chi connectivity index (χ1) is 7.83. The molecule has 92 valence electrons. The molecule has 0 saturated heterocycles. The molecule has 0 heterocycles. The average molecular weight is 224 g/mol. The van der Waals surface area contributed by atoms with E-state index in [1.807, 2.05) is 0 Å². The number of allylic oxidation sites excluding steroid dienone is 1. The maximum absolute atomic E-state index is 11.6. The minimum Gasteiger partial charge on any atom is -0.355 e. The topological polar surface area (TPSA) is 41.1 Å². The first-order valence-electron chi connectivity index (χ1n) is 6.48. The van der Waals surface area contributed by atoms with Gasteiger partial charge in [-0.2, -0.15) is 0 Å². The van der Waals surface area contributed by atoms with Crippen LogP contribution in [0.3, 0.4) is 0 Å². The zero-order valence-electron chi connectivity index (χ0n) is 10.3. The summed E-state index contributed by atoms with van der Waals surface area (Å²) in [5.74, 6) is 0.173. The Bertz CT molecular complexity index is 236. The number of carbonyl (C=O) groups excluding carboxylic acids is 1. The summed E-state index contributed by atoms with van der Waals surface area (Å²) in [5.41, 5.74) is 1.32. The third kappa shape index (κ3) is 5.91. The fourth-order valence-electron chi connectivity index (χ4n) is 1.93. The van der Waals surface area contributed by atoms with Gasteiger partial charge in [-0.15, -0.1) is 0 Å². The van der Waals surface area contributed by atoms with Gasteiger partial charge in [0.05, 0.1) is 0 Å². The number of rotatable bonds is 7. The van der Waals surface area contributed by atoms with Crippen LogP contribution in [0.4, 0.5) is 0 Å². The summed E-state index contributed by atoms with van der Waals surface area (Å²) >= 11 is 0. The largest absolute Gasteiger partial charge is 0.355 e. The molecule has 0 bridgehead atoms. The molecule has 3 heteroatoms. The summed E-state index contributed by atoms with van der Waals surface area (Å²) in [5, 5.41) is 6.21. The molecule has 0 atom stereocenters. The van der Waals surface area contributed by atoms with Crippen LogP contribution in [0.5, 0.6) is 0 Å². The summed E-state index contributed by atoms with van der Waals surface area (Å²) in [6, 6.07) is 0. The Kier molecular flexibility index (Phi) is 6.90. The first kappa shape index (κ1) is 13.2. The molecule has 0 radical (unpaired) electrons. The Morgan fingerprint density at radius 1 is 1.31 bits per heavy atom. The van der Waals surface area contributed by atoms with E-state index in [0.717, 1.165) is 38.9 Å². The van der Waals surface area contributed by atoms with Crippen molar-refractivity contribution >= 4 is 5.91 Å². The number of hydrogen-bond donors (Lipinski definition) is 2. The summed E-state index contributed by atoms with van der Waals surface area (Å²) in [7, 11) is 0. The number of amides is 1. The van der Waals surface area contributed by atoms with E-state index < -0.39 is 0 Å². The van der Waals surface area contributed by atoms with Crippen LogP contribution in [0, 0.1) is 0 Å². The fourth-order valence-corrected chi connectivity index (χ4v) is 1.93. The maximum Gasteiger partial charge on any atom is 0.224 e. The van der Waals surface area contributed by atoms with Gasteiger partial charge in [0.15, 0.2) is 0 Å². The van der Waals surface area contributed by atoms with E-state index >= 15 is 0 Å². The molecule has 3 nitrogen and oxygen atoms in total. The zero-order valence-corrected chi connectivity index (χ0v) is 10.3. The van der Waals surface area contributed by atoms with Gasteiger partial charge in [0, 0.05) is 19.5 Å². The molecule has 16 heavy (non-hydrogen) atoms. The molecule has 0 spiro atoms. The van der Waals surface area contributed by atoms with Gasteiger partial charge < -0.3 is 10.6 Å². The Hall–Kier alpha value is -0.830. The fraction of sp³-hybridized carbons (Fsp3) is 0.769. The van der Waals surface area contributed by atoms with Gasteiger partial charge in [0.1, 0.15) is 0 Å². The number of nitrogens with one attached hydrogen (secondary N) is 2. The lowest BCUT2D eigenvalue weighted by molar-refractivity contribution is -0.120. The molecule has 0 aromatic carbocycles. The van der Waals surface area contributed by atoms with E-state index in [-0.39, 0.29) is 5.91 Å². The quantitative estimate of drug-likeness (QED) is 0.513. The molecule has 1 aliphatic rings. The third-order valence-corrected chi connectivity index (χ3v) is 2.82. The Labute approximate surface area is 98.7 Å². The van der Waals surface area contributed by atoms with Crippen molar-refractivity contribution in [2.75, 3.05) is 19.6 Å². The second-order valence-electron chi connectivity index (χ2n) is 4.38. The van der Waals surface area contributed by atoms with Gasteiger partial charge in [-0.3, -0.25) is 4.79 Å². The van der Waals surface area contributed by atoms with Crippen molar-refractivity contribution in [3.05, 3.63) is 11.6 Å². The van der Waals surface area contributed by atoms with Crippen molar-refractivity contribution in [3.63, 3.8) is 0 Å². The highest BCUT2D eigenvalue weighted by Gasteiger charge is 2.08. The number of carbonyl (C=O) groups is 1. The van der Waals surface area contributed by atoms with Crippen LogP contribution >= 0.6 is 0 Å². The molecule has 0 unspecified atom stereocenters. The molecule has 0 fully saturated rings. The van der Waals surface area contributed by atoms with E-state index in [1.165, 1.54) is 18.4 Å². The van der Waals surface area contributed by atoms with E-state index in [2.05, 4.69) is 23.6 Å². The summed E-state index contributed by atoms with van der Waals surface area (Å²) in [6.45, 7) is 4.78. The van der Waals surface area contributed by atoms with Gasteiger partial charge in [-0.05, 0) is 38.6 Å². The molecule has 2 N–H and O–H groups in total. The lowest BCUT2D eigenvalue weighted by atomic mass is 9.97. The Morgan fingerprint density at radius 3 is 2.88 bits per heavy atom. The van der Waals surface area contributed by atoms with Crippen LogP contribution in [0.2, 0.25) is 0 Å². The van der Waals surface area contributed by atoms with Crippen LogP contribution in [-0.2, 0) is 4.79 Å². The highest BCUT2D eigenvalue weighted by molar-refractivity contribution is 5.78. The first-order valence-corrected chi connectivity index (χ1v) is 6.48. The normalized spacial score (nSPS) is 15.7. The van der Waals surface area contributed by atoms with Gasteiger partial charge in [-0.25, -0.2) is 0 Å². The standard InChI is InChI=1S/C13H24N2O/c1-2-8-14-9-10-15-13(16)11-12-6-4-3-5-7-12/h6,14H,2-5,7-11H2,1H3,(H,15,16). The minimum absolute atomic E-state index is 0.173. The third-order valence-electron chi connectivity index (χ3n) is 2.82. The monoisotopic (exact) mass is 224 g/mol. The second-order valence-corrected chi connectivity index (χ2v) is 4.38. The second kappa shape index (κ2) is 8.34. The summed E-state index contributed by atoms with van der Waals surface area (Å²) in [4.78, 5) is 11.6. The summed E-state index contributed by atoms with van der Waals surface area (Å²) in [6.07, 6.45) is 8.78. The molecule has 1 aliphatic carbocycles. The van der Waals surface area contributed by atoms with Gasteiger partial charge >= 0.3 is 0 Å². The average Bonchev–Trinajstić information content (AvgIpc) is 2.30. The predicted octanol–water partition coefficient (Wildman–Crippen LogP) is 1.99. The van der Waals surface area contributed by atoms with Crippen molar-refractivity contribution in [1.82, 2.24) is 10.6 Å². The lowest BCUT2D eigenvalue weighted by Gasteiger charge is -2.12. The van der Waals surface area contributed by atoms with Gasteiger partial charge in [-0.1, -0.05) is 18.6 Å². The Balaban J connectivity index is 2.04. The SMILES string of the molecule is CCCNCCNC(=O)CC1=CCCCC1. The van der Waals surface area contributed by atoms with Crippen molar-refractivity contribution in [2.24, 2.45) is 0 Å². The van der Waals surface area contributed by atoms with E-state index in [0.29, 0.717) is 6.42 Å². The van der Waals surface area contributed by atoms with Gasteiger partial charge in [0.25, 0.3) is 0 Å². The molecule has 0 aromatic heterocycles.